The second-order valence-electron chi connectivity index (χ2n) is 11.1. The van der Waals surface area contributed by atoms with Crippen molar-refractivity contribution >= 4 is 63.1 Å². The summed E-state index contributed by atoms with van der Waals surface area (Å²) >= 11 is 1.90. The second-order valence-corrected chi connectivity index (χ2v) is 11.9. The minimum atomic E-state index is -2.15. The van der Waals surface area contributed by atoms with E-state index in [0.717, 1.165) is 0 Å². The van der Waals surface area contributed by atoms with Gasteiger partial charge >= 0.3 is 6.09 Å². The molecule has 2 saturated heterocycles. The normalized spacial score (nSPS) is 23.9. The predicted molar refractivity (Wildman–Crippen MR) is 167 cm³/mol. The zero-order chi connectivity index (χ0) is 31.2. The minimum absolute atomic E-state index is 0.0170. The van der Waals surface area contributed by atoms with Gasteiger partial charge in [0.05, 0.1) is 22.1 Å². The van der Waals surface area contributed by atoms with Gasteiger partial charge in [0, 0.05) is 5.92 Å². The number of rotatable bonds is 7. The predicted octanol–water partition coefficient (Wildman–Crippen LogP) is 5.91. The molecule has 2 aromatic carbocycles. The molecule has 2 fully saturated rings. The molecule has 2 unspecified atom stereocenters. The molecule has 4 aromatic rings. The van der Waals surface area contributed by atoms with E-state index in [-0.39, 0.29) is 33.3 Å². The minimum Gasteiger partial charge on any atom is -0.388 e. The summed E-state index contributed by atoms with van der Waals surface area (Å²) < 4.78 is 41.1. The maximum Gasteiger partial charge on any atom is 0.425 e. The number of para-hydroxylation sites is 2. The number of carbonyl (C=O) groups is 2. The summed E-state index contributed by atoms with van der Waals surface area (Å²) in [5.41, 5.74) is 1.32. The van der Waals surface area contributed by atoms with Gasteiger partial charge in [-0.2, -0.15) is 9.97 Å². The number of nitrogens with one attached hydrogen (secondary N) is 1. The number of aromatic nitrogens is 4. The van der Waals surface area contributed by atoms with E-state index < -0.39 is 42.1 Å². The van der Waals surface area contributed by atoms with Crippen LogP contribution in [0.5, 0.6) is 5.88 Å². The van der Waals surface area contributed by atoms with Crippen molar-refractivity contribution in [2.75, 3.05) is 14.6 Å². The van der Waals surface area contributed by atoms with Crippen LogP contribution in [0, 0.1) is 5.92 Å². The second kappa shape index (κ2) is 11.6. The van der Waals surface area contributed by atoms with Crippen LogP contribution in [-0.4, -0.2) is 59.8 Å². The number of carbonyl (C=O) groups excluding carboxylic acids is 2. The van der Waals surface area contributed by atoms with Crippen molar-refractivity contribution < 1.29 is 32.9 Å². The maximum absolute atomic E-state index is 16.0. The number of benzene rings is 2. The lowest BCUT2D eigenvalue weighted by Crippen LogP contribution is -2.40. The molecule has 0 aliphatic carbocycles. The van der Waals surface area contributed by atoms with E-state index in [1.165, 1.54) is 15.8 Å². The molecular weight excluding hydrogens is 686 g/mol. The Morgan fingerprint density at radius 3 is 2.27 bits per heavy atom. The first-order valence-corrected chi connectivity index (χ1v) is 15.5. The van der Waals surface area contributed by atoms with Gasteiger partial charge in [-0.3, -0.25) is 14.7 Å². The Bertz CT molecular complexity index is 1650. The van der Waals surface area contributed by atoms with Crippen molar-refractivity contribution in [2.24, 2.45) is 5.92 Å². The monoisotopic (exact) mass is 716 g/mol. The van der Waals surface area contributed by atoms with Crippen LogP contribution in [0.3, 0.4) is 0 Å². The number of alkyl halides is 2. The van der Waals surface area contributed by atoms with Gasteiger partial charge in [0.2, 0.25) is 17.7 Å². The lowest BCUT2D eigenvalue weighted by Gasteiger charge is -2.27. The van der Waals surface area contributed by atoms with E-state index in [1.54, 1.807) is 76.2 Å². The lowest BCUT2D eigenvalue weighted by atomic mass is 10.1. The number of hydrogen-bond acceptors (Lipinski definition) is 9. The molecule has 2 aromatic heterocycles. The smallest absolute Gasteiger partial charge is 0.388 e. The highest BCUT2D eigenvalue weighted by molar-refractivity contribution is 14.1. The van der Waals surface area contributed by atoms with Crippen LogP contribution < -0.4 is 15.0 Å². The SMILES string of the molecule is CC(C)C(=O)Nc1nc(OC(=O)N(c2ccccc2)c2ccccc2)c2ncn([C@@H]3O[C@@](F)(CI)C4OC(C)(C)OC43)c2n1. The van der Waals surface area contributed by atoms with E-state index >= 15 is 4.39 Å². The van der Waals surface area contributed by atoms with Crippen LogP contribution in [0.15, 0.2) is 67.0 Å². The van der Waals surface area contributed by atoms with Crippen LogP contribution in [0.1, 0.15) is 33.9 Å². The molecule has 1 N–H and O–H groups in total. The largest absolute Gasteiger partial charge is 0.425 e. The quantitative estimate of drug-likeness (QED) is 0.183. The first kappa shape index (κ1) is 30.3. The van der Waals surface area contributed by atoms with Crippen molar-refractivity contribution in [3.05, 3.63) is 67.0 Å². The molecule has 2 aliphatic rings. The molecule has 4 atom stereocenters. The summed E-state index contributed by atoms with van der Waals surface area (Å²) in [4.78, 5) is 41.1. The summed E-state index contributed by atoms with van der Waals surface area (Å²) in [7, 11) is 0. The van der Waals surface area contributed by atoms with Crippen molar-refractivity contribution in [2.45, 2.75) is 57.8 Å². The van der Waals surface area contributed by atoms with Crippen molar-refractivity contribution in [3.8, 4) is 5.88 Å². The van der Waals surface area contributed by atoms with Gasteiger partial charge < -0.3 is 18.9 Å². The first-order valence-electron chi connectivity index (χ1n) is 14.0. The van der Waals surface area contributed by atoms with E-state index in [4.69, 9.17) is 18.9 Å². The third kappa shape index (κ3) is 5.62. The zero-order valence-electron chi connectivity index (χ0n) is 24.3. The Morgan fingerprint density at radius 2 is 1.68 bits per heavy atom. The van der Waals surface area contributed by atoms with Crippen molar-refractivity contribution in [3.63, 3.8) is 0 Å². The van der Waals surface area contributed by atoms with Gasteiger partial charge in [-0.05, 0) is 38.1 Å². The number of anilines is 3. The summed E-state index contributed by atoms with van der Waals surface area (Å²) in [5.74, 6) is -4.30. The molecule has 6 rings (SSSR count). The van der Waals surface area contributed by atoms with Crippen LogP contribution in [-0.2, 0) is 19.0 Å². The molecule has 2 amide bonds. The molecule has 14 heteroatoms. The molecule has 0 spiro atoms. The fourth-order valence-corrected chi connectivity index (χ4v) is 5.70. The fourth-order valence-electron chi connectivity index (χ4n) is 5.09. The third-order valence-corrected chi connectivity index (χ3v) is 8.19. The molecule has 2 aliphatic heterocycles. The van der Waals surface area contributed by atoms with Gasteiger partial charge in [-0.15, -0.1) is 0 Å². The van der Waals surface area contributed by atoms with Crippen LogP contribution in [0.4, 0.5) is 26.5 Å². The Morgan fingerprint density at radius 1 is 1.05 bits per heavy atom. The Hall–Kier alpha value is -3.73. The molecule has 0 radical (unpaired) electrons. The molecule has 0 saturated carbocycles. The number of halogens is 2. The van der Waals surface area contributed by atoms with E-state index in [0.29, 0.717) is 11.4 Å². The maximum atomic E-state index is 16.0. The van der Waals surface area contributed by atoms with E-state index in [9.17, 15) is 9.59 Å². The molecule has 4 heterocycles. The third-order valence-electron chi connectivity index (χ3n) is 7.15. The lowest BCUT2D eigenvalue weighted by molar-refractivity contribution is -0.245. The number of nitrogens with zero attached hydrogens (tertiary/aromatic N) is 5. The Kier molecular flexibility index (Phi) is 8.02. The van der Waals surface area contributed by atoms with Gasteiger partial charge in [0.25, 0.3) is 5.88 Å². The summed E-state index contributed by atoms with van der Waals surface area (Å²) in [6.07, 6.45) is -2.29. The summed E-state index contributed by atoms with van der Waals surface area (Å²) in [5, 5.41) is 2.65. The van der Waals surface area contributed by atoms with Crippen LogP contribution in [0.25, 0.3) is 11.2 Å². The number of fused-ring (bicyclic) bond motifs is 2. The molecule has 0 bridgehead atoms. The van der Waals surface area contributed by atoms with Crippen LogP contribution >= 0.6 is 22.6 Å². The number of hydrogen-bond donors (Lipinski definition) is 1. The van der Waals surface area contributed by atoms with E-state index in [1.807, 2.05) is 34.7 Å². The van der Waals surface area contributed by atoms with E-state index in [2.05, 4.69) is 20.3 Å². The van der Waals surface area contributed by atoms with Crippen molar-refractivity contribution in [1.82, 2.24) is 19.5 Å². The average molecular weight is 717 g/mol. The number of amides is 2. The van der Waals surface area contributed by atoms with Crippen molar-refractivity contribution in [1.29, 1.82) is 0 Å². The topological polar surface area (TPSA) is 130 Å². The van der Waals surface area contributed by atoms with Gasteiger partial charge in [0.15, 0.2) is 29.3 Å². The highest BCUT2D eigenvalue weighted by Crippen LogP contribution is 2.50. The Balaban J connectivity index is 1.43. The fraction of sp³-hybridized carbons (Fsp3) is 0.367. The number of imidazole rings is 1. The van der Waals surface area contributed by atoms with Gasteiger partial charge in [-0.1, -0.05) is 72.8 Å². The molecular formula is C30H30FIN6O6. The molecule has 44 heavy (non-hydrogen) atoms. The standard InChI is InChI=1S/C30H30FIN6O6/c1-17(2)24(39)35-27-34-23-20(33-16-37(23)26-21-22(30(31,15-32)44-26)43-29(3,4)42-21)25(36-27)41-28(40)38(18-11-7-5-8-12-18)19-13-9-6-10-14-19/h5-14,16-17,21-22,26H,15H2,1-4H3,(H,34,35,36,39)/t21?,22?,26-,30+/m1/s1. The average Bonchev–Trinajstić information content (AvgIpc) is 3.64. The zero-order valence-corrected chi connectivity index (χ0v) is 26.5. The number of ether oxygens (including phenoxy) is 4. The van der Waals surface area contributed by atoms with Crippen LogP contribution in [0.2, 0.25) is 0 Å². The van der Waals surface area contributed by atoms with Gasteiger partial charge in [-0.25, -0.2) is 19.1 Å². The molecule has 230 valence electrons. The summed E-state index contributed by atoms with van der Waals surface area (Å²) in [6, 6.07) is 17.9. The van der Waals surface area contributed by atoms with Gasteiger partial charge in [0.1, 0.15) is 6.10 Å². The Labute approximate surface area is 266 Å². The highest BCUT2D eigenvalue weighted by Gasteiger charge is 2.64. The summed E-state index contributed by atoms with van der Waals surface area (Å²) in [6.45, 7) is 6.83. The highest BCUT2D eigenvalue weighted by atomic mass is 127. The first-order chi connectivity index (χ1) is 21.0. The molecule has 12 nitrogen and oxygen atoms in total.